The van der Waals surface area contributed by atoms with E-state index in [4.69, 9.17) is 21.3 Å². The first kappa shape index (κ1) is 35.3. The minimum atomic E-state index is -3.97. The summed E-state index contributed by atoms with van der Waals surface area (Å²) in [7, 11) is -0.910. The van der Waals surface area contributed by atoms with E-state index in [9.17, 15) is 31.9 Å². The zero-order chi connectivity index (χ0) is 36.8. The Morgan fingerprint density at radius 1 is 1.06 bits per heavy atom. The van der Waals surface area contributed by atoms with Gasteiger partial charge in [0.2, 0.25) is 10.0 Å². The second kappa shape index (κ2) is 13.6. The number of aromatic nitrogens is 4. The molecule has 1 amide bonds. The highest BCUT2D eigenvalue weighted by atomic mass is 35.5. The molecular weight excluding hydrogens is 706 g/mol. The highest BCUT2D eigenvalue weighted by molar-refractivity contribution is 7.92. The Hall–Kier alpha value is -5.54. The summed E-state index contributed by atoms with van der Waals surface area (Å²) in [5.41, 5.74) is 1.41. The van der Waals surface area contributed by atoms with Crippen LogP contribution in [0.25, 0.3) is 27.5 Å². The molecule has 0 saturated carbocycles. The summed E-state index contributed by atoms with van der Waals surface area (Å²) in [5.74, 6) is -1.28. The Balaban J connectivity index is 1.63. The number of anilines is 1. The molecule has 4 aromatic carbocycles. The third-order valence-electron chi connectivity index (χ3n) is 8.36. The van der Waals surface area contributed by atoms with E-state index in [0.29, 0.717) is 22.9 Å². The molecule has 16 heteroatoms. The summed E-state index contributed by atoms with van der Waals surface area (Å²) >= 11 is 6.78. The smallest absolute Gasteiger partial charge is 0.405 e. The van der Waals surface area contributed by atoms with Crippen LogP contribution in [-0.2, 0) is 30.0 Å². The molecule has 0 aliphatic heterocycles. The maximum Gasteiger partial charge on any atom is 0.405 e. The van der Waals surface area contributed by atoms with Crippen LogP contribution in [0, 0.1) is 18.6 Å². The molecule has 12 nitrogen and oxygen atoms in total. The quantitative estimate of drug-likeness (QED) is 0.173. The summed E-state index contributed by atoms with van der Waals surface area (Å²) in [4.78, 5) is 31.5. The molecular formula is C35H31ClF2N6O6S. The van der Waals surface area contributed by atoms with Gasteiger partial charge in [-0.25, -0.2) is 31.3 Å². The lowest BCUT2D eigenvalue weighted by Crippen LogP contribution is -2.35. The molecule has 0 radical (unpaired) electrons. The molecule has 0 aliphatic carbocycles. The van der Waals surface area contributed by atoms with Gasteiger partial charge in [-0.2, -0.15) is 5.10 Å². The van der Waals surface area contributed by atoms with Crippen molar-refractivity contribution >= 4 is 55.3 Å². The average molecular weight is 737 g/mol. The molecule has 1 atom stereocenters. The number of amides is 1. The number of carboxylic acid groups (broad SMARTS) is 1. The van der Waals surface area contributed by atoms with E-state index >= 15 is 0 Å². The molecule has 6 aromatic rings. The van der Waals surface area contributed by atoms with Gasteiger partial charge in [0.1, 0.15) is 23.2 Å². The molecule has 0 bridgehead atoms. The van der Waals surface area contributed by atoms with Gasteiger partial charge in [-0.1, -0.05) is 35.9 Å². The number of hydrogen-bond acceptors (Lipinski definition) is 7. The van der Waals surface area contributed by atoms with Crippen LogP contribution in [0.5, 0.6) is 5.75 Å². The van der Waals surface area contributed by atoms with Gasteiger partial charge in [0.15, 0.2) is 5.82 Å². The third-order valence-corrected chi connectivity index (χ3v) is 9.78. The van der Waals surface area contributed by atoms with Crippen molar-refractivity contribution < 1.29 is 31.8 Å². The summed E-state index contributed by atoms with van der Waals surface area (Å²) in [6.07, 6.45) is -0.735. The van der Waals surface area contributed by atoms with E-state index in [1.807, 2.05) is 0 Å². The van der Waals surface area contributed by atoms with E-state index in [-0.39, 0.29) is 62.7 Å². The van der Waals surface area contributed by atoms with Crippen LogP contribution < -0.4 is 19.9 Å². The lowest BCUT2D eigenvalue weighted by atomic mass is 10.0. The van der Waals surface area contributed by atoms with Crippen LogP contribution in [0.2, 0.25) is 5.02 Å². The maximum atomic E-state index is 14.5. The van der Waals surface area contributed by atoms with Crippen LogP contribution in [0.15, 0.2) is 77.6 Å². The summed E-state index contributed by atoms with van der Waals surface area (Å²) in [5, 5.41) is 17.3. The summed E-state index contributed by atoms with van der Waals surface area (Å²) in [6, 6.07) is 16.3. The molecule has 2 heterocycles. The van der Waals surface area contributed by atoms with E-state index in [0.717, 1.165) is 22.7 Å². The topological polar surface area (TPSA) is 149 Å². The Kier molecular flexibility index (Phi) is 9.44. The van der Waals surface area contributed by atoms with Crippen molar-refractivity contribution in [1.82, 2.24) is 24.6 Å². The fourth-order valence-electron chi connectivity index (χ4n) is 6.09. The number of carbonyl (C=O) groups is 1. The van der Waals surface area contributed by atoms with Crippen LogP contribution in [0.4, 0.5) is 19.4 Å². The molecule has 2 N–H and O–H groups in total. The number of nitrogens with zero attached hydrogens (tertiary/aromatic N) is 5. The maximum absolute atomic E-state index is 14.5. The van der Waals surface area contributed by atoms with Crippen molar-refractivity contribution in [2.24, 2.45) is 7.05 Å². The Labute approximate surface area is 295 Å². The van der Waals surface area contributed by atoms with Gasteiger partial charge in [-0.3, -0.25) is 14.0 Å². The summed E-state index contributed by atoms with van der Waals surface area (Å²) in [6.45, 7) is 1.62. The number of methoxy groups -OCH3 is 1. The van der Waals surface area contributed by atoms with Crippen molar-refractivity contribution in [3.63, 3.8) is 0 Å². The Bertz CT molecular complexity index is 2490. The molecule has 2 aromatic heterocycles. The van der Waals surface area contributed by atoms with Gasteiger partial charge in [0.25, 0.3) is 5.56 Å². The largest absolute Gasteiger partial charge is 0.497 e. The number of aryl methyl sites for hydroxylation is 2. The zero-order valence-electron chi connectivity index (χ0n) is 27.7. The number of nitrogens with one attached hydrogen (secondary N) is 1. The van der Waals surface area contributed by atoms with Gasteiger partial charge in [0.05, 0.1) is 58.5 Å². The van der Waals surface area contributed by atoms with Crippen LogP contribution in [0.3, 0.4) is 0 Å². The minimum absolute atomic E-state index is 0.0210. The molecule has 264 valence electrons. The van der Waals surface area contributed by atoms with Gasteiger partial charge in [-0.05, 0) is 66.1 Å². The highest BCUT2D eigenvalue weighted by Crippen LogP contribution is 2.38. The second-order valence-corrected chi connectivity index (χ2v) is 14.2. The number of rotatable bonds is 10. The monoisotopic (exact) mass is 736 g/mol. The third kappa shape index (κ3) is 6.94. The molecule has 0 fully saturated rings. The first-order valence-electron chi connectivity index (χ1n) is 15.4. The number of sulfonamides is 1. The molecule has 6 rings (SSSR count). The minimum Gasteiger partial charge on any atom is -0.497 e. The fraction of sp³-hybridized carbons (Fsp3) is 0.200. The number of ether oxygens (including phenoxy) is 1. The normalized spacial score (nSPS) is 12.3. The summed E-state index contributed by atoms with van der Waals surface area (Å²) < 4.78 is 64.0. The first-order chi connectivity index (χ1) is 24.2. The van der Waals surface area contributed by atoms with E-state index < -0.39 is 39.4 Å². The van der Waals surface area contributed by atoms with Crippen molar-refractivity contribution in [3.05, 3.63) is 122 Å². The van der Waals surface area contributed by atoms with Crippen molar-refractivity contribution in [2.45, 2.75) is 25.9 Å². The lowest BCUT2D eigenvalue weighted by molar-refractivity contribution is 0.189. The molecule has 0 spiro atoms. The van der Waals surface area contributed by atoms with E-state index in [1.165, 1.54) is 28.5 Å². The molecule has 0 unspecified atom stereocenters. The second-order valence-electron chi connectivity index (χ2n) is 11.9. The van der Waals surface area contributed by atoms with Gasteiger partial charge in [0, 0.05) is 19.5 Å². The van der Waals surface area contributed by atoms with Crippen molar-refractivity contribution in [2.75, 3.05) is 17.7 Å². The first-order valence-corrected chi connectivity index (χ1v) is 17.6. The van der Waals surface area contributed by atoms with Crippen LogP contribution in [0.1, 0.15) is 28.6 Å². The Morgan fingerprint density at radius 3 is 2.37 bits per heavy atom. The lowest BCUT2D eigenvalue weighted by Gasteiger charge is -2.23. The van der Waals surface area contributed by atoms with Crippen LogP contribution in [-0.4, -0.2) is 52.3 Å². The van der Waals surface area contributed by atoms with Crippen molar-refractivity contribution in [3.8, 4) is 11.4 Å². The van der Waals surface area contributed by atoms with E-state index in [1.54, 1.807) is 56.4 Å². The number of para-hydroxylation sites is 1. The molecule has 0 saturated heterocycles. The molecule has 0 aliphatic rings. The number of benzene rings is 4. The number of fused-ring (bicyclic) bond motifs is 2. The Morgan fingerprint density at radius 2 is 1.75 bits per heavy atom. The average Bonchev–Trinajstić information content (AvgIpc) is 3.40. The van der Waals surface area contributed by atoms with Gasteiger partial charge < -0.3 is 15.2 Å². The highest BCUT2D eigenvalue weighted by Gasteiger charge is 2.30. The van der Waals surface area contributed by atoms with E-state index in [2.05, 4.69) is 10.4 Å². The van der Waals surface area contributed by atoms with Crippen LogP contribution >= 0.6 is 11.6 Å². The van der Waals surface area contributed by atoms with Gasteiger partial charge >= 0.3 is 6.09 Å². The number of hydrogen-bond donors (Lipinski definition) is 2. The standard InChI is InChI=1S/C35H31ClF2N6O6S/c1-19-6-5-7-25-30(19)40-32(27(39-35(46)47)16-21-14-22(37)17-23(38)15-21)44(34(25)45)28-13-12-26(36)29-31(28)42(2)41-33(29)43(51(4,48)49)18-20-8-10-24(50-3)11-9-20/h5-15,17,27,39H,16,18H2,1-4H3,(H,46,47)/t27-/m0/s1. The fourth-order valence-corrected chi connectivity index (χ4v) is 7.16. The zero-order valence-corrected chi connectivity index (χ0v) is 29.3. The predicted octanol–water partition coefficient (Wildman–Crippen LogP) is 6.04. The van der Waals surface area contributed by atoms with Crippen molar-refractivity contribution in [1.29, 1.82) is 0 Å². The number of halogens is 3. The predicted molar refractivity (Wildman–Crippen MR) is 189 cm³/mol. The SMILES string of the molecule is COc1ccc(CN(c2nn(C)c3c(-n4c([C@H](Cc5cc(F)cc(F)c5)NC(=O)O)nc5c(C)cccc5c4=O)ccc(Cl)c23)S(C)(=O)=O)cc1. The molecule has 51 heavy (non-hydrogen) atoms. The van der Waals surface area contributed by atoms with Gasteiger partial charge in [-0.15, -0.1) is 0 Å².